The molecule has 5 nitrogen and oxygen atoms in total. The van der Waals surface area contributed by atoms with Gasteiger partial charge in [0.05, 0.1) is 0 Å². The van der Waals surface area contributed by atoms with Crippen molar-refractivity contribution in [2.75, 3.05) is 19.6 Å². The van der Waals surface area contributed by atoms with Crippen LogP contribution in [0.3, 0.4) is 0 Å². The Morgan fingerprint density at radius 2 is 2.06 bits per heavy atom. The van der Waals surface area contributed by atoms with Gasteiger partial charge in [0.25, 0.3) is 5.91 Å². The molecule has 1 amide bonds. The van der Waals surface area contributed by atoms with E-state index in [4.69, 9.17) is 0 Å². The first-order valence-electron chi connectivity index (χ1n) is 5.95. The predicted molar refractivity (Wildman–Crippen MR) is 67.8 cm³/mol. The quantitative estimate of drug-likeness (QED) is 0.648. The standard InChI is InChI=1S/C13H18N2O3/c1-13(2)8-15(6-5-14-13)12(18)9-3-4-10(16)11(17)7-9/h3-4,7,14,16-17H,5-6,8H2,1-2H3. The van der Waals surface area contributed by atoms with Gasteiger partial charge in [-0.3, -0.25) is 4.79 Å². The van der Waals surface area contributed by atoms with Gasteiger partial charge in [-0.1, -0.05) is 0 Å². The number of carbonyl (C=O) groups excluding carboxylic acids is 1. The molecule has 1 aromatic carbocycles. The van der Waals surface area contributed by atoms with Gasteiger partial charge < -0.3 is 20.4 Å². The molecule has 0 atom stereocenters. The molecule has 0 spiro atoms. The number of phenols is 2. The third-order valence-corrected chi connectivity index (χ3v) is 3.08. The minimum Gasteiger partial charge on any atom is -0.504 e. The zero-order valence-electron chi connectivity index (χ0n) is 10.6. The van der Waals surface area contributed by atoms with Gasteiger partial charge in [0.15, 0.2) is 11.5 Å². The van der Waals surface area contributed by atoms with Crippen molar-refractivity contribution in [3.63, 3.8) is 0 Å². The number of benzene rings is 1. The number of amides is 1. The van der Waals surface area contributed by atoms with Crippen LogP contribution in [0.5, 0.6) is 11.5 Å². The molecule has 1 saturated heterocycles. The molecule has 2 rings (SSSR count). The highest BCUT2D eigenvalue weighted by Gasteiger charge is 2.29. The monoisotopic (exact) mass is 250 g/mol. The van der Waals surface area contributed by atoms with Crippen molar-refractivity contribution in [3.8, 4) is 11.5 Å². The molecular formula is C13H18N2O3. The highest BCUT2D eigenvalue weighted by atomic mass is 16.3. The molecule has 0 aromatic heterocycles. The second-order valence-corrected chi connectivity index (χ2v) is 5.24. The summed E-state index contributed by atoms with van der Waals surface area (Å²) in [7, 11) is 0. The number of phenolic OH excluding ortho intramolecular Hbond substituents is 2. The van der Waals surface area contributed by atoms with Gasteiger partial charge in [-0.05, 0) is 32.0 Å². The van der Waals surface area contributed by atoms with Gasteiger partial charge in [0.2, 0.25) is 0 Å². The highest BCUT2D eigenvalue weighted by molar-refractivity contribution is 5.95. The molecule has 98 valence electrons. The molecule has 0 aliphatic carbocycles. The third-order valence-electron chi connectivity index (χ3n) is 3.08. The number of rotatable bonds is 1. The van der Waals surface area contributed by atoms with Crippen molar-refractivity contribution in [1.29, 1.82) is 0 Å². The van der Waals surface area contributed by atoms with Gasteiger partial charge in [-0.2, -0.15) is 0 Å². The summed E-state index contributed by atoms with van der Waals surface area (Å²) in [6.45, 7) is 6.10. The Labute approximate surface area is 106 Å². The Balaban J connectivity index is 2.18. The van der Waals surface area contributed by atoms with Crippen molar-refractivity contribution in [1.82, 2.24) is 10.2 Å². The summed E-state index contributed by atoms with van der Waals surface area (Å²) < 4.78 is 0. The van der Waals surface area contributed by atoms with Crippen LogP contribution in [0.4, 0.5) is 0 Å². The average Bonchev–Trinajstić information content (AvgIpc) is 2.30. The van der Waals surface area contributed by atoms with E-state index in [0.29, 0.717) is 18.7 Å². The summed E-state index contributed by atoms with van der Waals surface area (Å²) in [5.41, 5.74) is 0.287. The van der Waals surface area contributed by atoms with E-state index in [1.165, 1.54) is 18.2 Å². The molecule has 1 aromatic rings. The topological polar surface area (TPSA) is 72.8 Å². The molecule has 5 heteroatoms. The second-order valence-electron chi connectivity index (χ2n) is 5.24. The lowest BCUT2D eigenvalue weighted by molar-refractivity contribution is 0.0651. The Kier molecular flexibility index (Phi) is 3.17. The van der Waals surface area contributed by atoms with Crippen LogP contribution < -0.4 is 5.32 Å². The van der Waals surface area contributed by atoms with Crippen LogP contribution in [0.1, 0.15) is 24.2 Å². The lowest BCUT2D eigenvalue weighted by atomic mass is 10.0. The van der Waals surface area contributed by atoms with Crippen LogP contribution in [0.25, 0.3) is 0 Å². The van der Waals surface area contributed by atoms with E-state index in [1.54, 1.807) is 4.90 Å². The van der Waals surface area contributed by atoms with Crippen LogP contribution in [-0.2, 0) is 0 Å². The van der Waals surface area contributed by atoms with Gasteiger partial charge in [0, 0.05) is 30.7 Å². The van der Waals surface area contributed by atoms with E-state index in [1.807, 2.05) is 13.8 Å². The summed E-state index contributed by atoms with van der Waals surface area (Å²) >= 11 is 0. The predicted octanol–water partition coefficient (Wildman–Crippen LogP) is 0.922. The van der Waals surface area contributed by atoms with Crippen molar-refractivity contribution >= 4 is 5.91 Å². The molecule has 0 radical (unpaired) electrons. The Morgan fingerprint density at radius 1 is 1.33 bits per heavy atom. The molecular weight excluding hydrogens is 232 g/mol. The van der Waals surface area contributed by atoms with Gasteiger partial charge >= 0.3 is 0 Å². The van der Waals surface area contributed by atoms with Crippen LogP contribution in [0.2, 0.25) is 0 Å². The second kappa shape index (κ2) is 4.49. The van der Waals surface area contributed by atoms with E-state index in [2.05, 4.69) is 5.32 Å². The van der Waals surface area contributed by atoms with E-state index < -0.39 is 0 Å². The molecule has 0 bridgehead atoms. The molecule has 1 aliphatic heterocycles. The fourth-order valence-electron chi connectivity index (χ4n) is 2.15. The van der Waals surface area contributed by atoms with E-state index in [0.717, 1.165) is 6.54 Å². The maximum atomic E-state index is 12.3. The number of aromatic hydroxyl groups is 2. The largest absolute Gasteiger partial charge is 0.504 e. The fourth-order valence-corrected chi connectivity index (χ4v) is 2.15. The minimum absolute atomic E-state index is 0.104. The first kappa shape index (κ1) is 12.7. The fraction of sp³-hybridized carbons (Fsp3) is 0.462. The Morgan fingerprint density at radius 3 is 2.67 bits per heavy atom. The molecule has 1 heterocycles. The number of nitrogens with one attached hydrogen (secondary N) is 1. The number of hydrogen-bond donors (Lipinski definition) is 3. The lowest BCUT2D eigenvalue weighted by Gasteiger charge is -2.39. The minimum atomic E-state index is -0.268. The van der Waals surface area contributed by atoms with Crippen LogP contribution in [-0.4, -0.2) is 46.2 Å². The molecule has 1 fully saturated rings. The molecule has 3 N–H and O–H groups in total. The smallest absolute Gasteiger partial charge is 0.254 e. The van der Waals surface area contributed by atoms with Crippen LogP contribution in [0.15, 0.2) is 18.2 Å². The first-order chi connectivity index (χ1) is 8.39. The number of carbonyl (C=O) groups is 1. The van der Waals surface area contributed by atoms with Crippen molar-refractivity contribution in [2.24, 2.45) is 0 Å². The molecule has 1 aliphatic rings. The summed E-state index contributed by atoms with van der Waals surface area (Å²) in [6, 6.07) is 4.15. The number of hydrogen-bond acceptors (Lipinski definition) is 4. The van der Waals surface area contributed by atoms with E-state index in [9.17, 15) is 15.0 Å². The average molecular weight is 250 g/mol. The van der Waals surface area contributed by atoms with E-state index in [-0.39, 0.29) is 22.9 Å². The molecule has 0 unspecified atom stereocenters. The first-order valence-corrected chi connectivity index (χ1v) is 5.95. The molecule has 18 heavy (non-hydrogen) atoms. The third kappa shape index (κ3) is 2.56. The lowest BCUT2D eigenvalue weighted by Crippen LogP contribution is -2.58. The van der Waals surface area contributed by atoms with Gasteiger partial charge in [-0.15, -0.1) is 0 Å². The Bertz CT molecular complexity index is 471. The number of nitrogens with zero attached hydrogens (tertiary/aromatic N) is 1. The van der Waals surface area contributed by atoms with Crippen molar-refractivity contribution in [2.45, 2.75) is 19.4 Å². The summed E-state index contributed by atoms with van der Waals surface area (Å²) in [4.78, 5) is 14.0. The van der Waals surface area contributed by atoms with Crippen molar-refractivity contribution in [3.05, 3.63) is 23.8 Å². The highest BCUT2D eigenvalue weighted by Crippen LogP contribution is 2.26. The van der Waals surface area contributed by atoms with Gasteiger partial charge in [0.1, 0.15) is 0 Å². The summed E-state index contributed by atoms with van der Waals surface area (Å²) in [5.74, 6) is -0.609. The molecule has 0 saturated carbocycles. The van der Waals surface area contributed by atoms with Gasteiger partial charge in [-0.25, -0.2) is 0 Å². The zero-order chi connectivity index (χ0) is 13.3. The van der Waals surface area contributed by atoms with Crippen molar-refractivity contribution < 1.29 is 15.0 Å². The zero-order valence-corrected chi connectivity index (χ0v) is 10.6. The maximum absolute atomic E-state index is 12.3. The maximum Gasteiger partial charge on any atom is 0.254 e. The number of piperazine rings is 1. The SMILES string of the molecule is CC1(C)CN(C(=O)c2ccc(O)c(O)c2)CCN1. The van der Waals surface area contributed by atoms with Crippen LogP contribution in [0, 0.1) is 0 Å². The normalized spacial score (nSPS) is 18.7. The van der Waals surface area contributed by atoms with Crippen LogP contribution >= 0.6 is 0 Å². The summed E-state index contributed by atoms with van der Waals surface area (Å²) in [5, 5.41) is 22.0. The summed E-state index contributed by atoms with van der Waals surface area (Å²) in [6.07, 6.45) is 0. The van der Waals surface area contributed by atoms with E-state index >= 15 is 0 Å². The Hall–Kier alpha value is -1.75.